The topological polar surface area (TPSA) is 16.1 Å². The molecule has 0 unspecified atom stereocenters. The lowest BCUT2D eigenvalue weighted by Gasteiger charge is -2.14. The number of nitrogens with zero attached hydrogens (tertiary/aromatic N) is 2. The maximum absolute atomic E-state index is 13.6. The highest BCUT2D eigenvalue weighted by molar-refractivity contribution is 7.17. The molecule has 2 aromatic heterocycles. The number of halogens is 1. The summed E-state index contributed by atoms with van der Waals surface area (Å²) in [5.74, 6) is -0.434. The van der Waals surface area contributed by atoms with E-state index in [1.807, 2.05) is 26.2 Å². The first kappa shape index (κ1) is 13.2. The summed E-state index contributed by atoms with van der Waals surface area (Å²) in [7, 11) is 4.00. The minimum absolute atomic E-state index is 0.434. The molecule has 0 spiro atoms. The average molecular weight is 286 g/mol. The molecule has 0 bridgehead atoms. The summed E-state index contributed by atoms with van der Waals surface area (Å²) in [4.78, 5) is 5.86. The molecule has 2 nitrogen and oxygen atoms in total. The summed E-state index contributed by atoms with van der Waals surface area (Å²) in [6, 6.07) is 9.77. The number of pyridine rings is 1. The maximum Gasteiger partial charge on any atom is 0.213 e. The third-order valence-corrected chi connectivity index (χ3v) is 4.17. The lowest BCUT2D eigenvalue weighted by molar-refractivity contribution is 0.401. The summed E-state index contributed by atoms with van der Waals surface area (Å²) in [6.45, 7) is 0.740. The Balaban J connectivity index is 2.22. The van der Waals surface area contributed by atoms with Crippen LogP contribution in [0.1, 0.15) is 5.56 Å². The van der Waals surface area contributed by atoms with Gasteiger partial charge in [-0.2, -0.15) is 4.39 Å². The molecule has 0 saturated carbocycles. The first-order valence-electron chi connectivity index (χ1n) is 6.41. The van der Waals surface area contributed by atoms with Gasteiger partial charge in [0.2, 0.25) is 5.95 Å². The Labute approximate surface area is 121 Å². The molecule has 0 radical (unpaired) electrons. The molecule has 102 valence electrons. The zero-order valence-electron chi connectivity index (χ0n) is 11.4. The fourth-order valence-electron chi connectivity index (χ4n) is 2.38. The van der Waals surface area contributed by atoms with Gasteiger partial charge in [-0.3, -0.25) is 0 Å². The van der Waals surface area contributed by atoms with Crippen LogP contribution in [0.25, 0.3) is 21.2 Å². The molecule has 0 saturated heterocycles. The van der Waals surface area contributed by atoms with Gasteiger partial charge in [-0.05, 0) is 42.1 Å². The molecule has 4 heteroatoms. The number of hydrogen-bond acceptors (Lipinski definition) is 3. The molecule has 0 atom stereocenters. The lowest BCUT2D eigenvalue weighted by Crippen LogP contribution is -2.12. The van der Waals surface area contributed by atoms with E-state index in [0.717, 1.165) is 23.2 Å². The van der Waals surface area contributed by atoms with Gasteiger partial charge in [-0.25, -0.2) is 4.98 Å². The zero-order valence-corrected chi connectivity index (χ0v) is 12.2. The fraction of sp³-hybridized carbons (Fsp3) is 0.188. The Morgan fingerprint density at radius 2 is 2.05 bits per heavy atom. The molecule has 2 heterocycles. The summed E-state index contributed by atoms with van der Waals surface area (Å²) in [6.07, 6.45) is 1.64. The van der Waals surface area contributed by atoms with E-state index in [-0.39, 0.29) is 0 Å². The van der Waals surface area contributed by atoms with Crippen LogP contribution in [0.15, 0.2) is 41.9 Å². The first-order valence-corrected chi connectivity index (χ1v) is 7.29. The third-order valence-electron chi connectivity index (χ3n) is 3.21. The quantitative estimate of drug-likeness (QED) is 0.672. The minimum atomic E-state index is -0.434. The molecule has 0 N–H and O–H groups in total. The van der Waals surface area contributed by atoms with Crippen molar-refractivity contribution in [1.82, 2.24) is 9.88 Å². The molecule has 0 aliphatic heterocycles. The number of fused-ring (bicyclic) bond motifs is 1. The second kappa shape index (κ2) is 5.31. The van der Waals surface area contributed by atoms with Crippen LogP contribution in [0.5, 0.6) is 0 Å². The molecule has 3 aromatic rings. The van der Waals surface area contributed by atoms with Crippen LogP contribution in [0, 0.1) is 5.95 Å². The van der Waals surface area contributed by atoms with Crippen molar-refractivity contribution in [2.45, 2.75) is 6.54 Å². The Hall–Kier alpha value is -1.78. The SMILES string of the molecule is CN(C)Cc1cnc(F)cc1-c1cccc2ccsc12. The van der Waals surface area contributed by atoms with Crippen LogP contribution < -0.4 is 0 Å². The molecule has 0 aliphatic rings. The Morgan fingerprint density at radius 3 is 2.85 bits per heavy atom. The summed E-state index contributed by atoms with van der Waals surface area (Å²) < 4.78 is 14.8. The third kappa shape index (κ3) is 2.44. The van der Waals surface area contributed by atoms with Crippen molar-refractivity contribution in [3.05, 3.63) is 53.4 Å². The van der Waals surface area contributed by atoms with E-state index in [1.165, 1.54) is 16.2 Å². The Kier molecular flexibility index (Phi) is 3.51. The smallest absolute Gasteiger partial charge is 0.213 e. The molecule has 1 aromatic carbocycles. The monoisotopic (exact) mass is 286 g/mol. The largest absolute Gasteiger partial charge is 0.305 e. The highest BCUT2D eigenvalue weighted by Gasteiger charge is 2.12. The maximum atomic E-state index is 13.6. The van der Waals surface area contributed by atoms with Crippen molar-refractivity contribution in [3.8, 4) is 11.1 Å². The molecule has 0 aliphatic carbocycles. The van der Waals surface area contributed by atoms with Crippen LogP contribution in [0.3, 0.4) is 0 Å². The highest BCUT2D eigenvalue weighted by Crippen LogP contribution is 2.34. The normalized spacial score (nSPS) is 11.4. The van der Waals surface area contributed by atoms with Gasteiger partial charge in [-0.15, -0.1) is 11.3 Å². The van der Waals surface area contributed by atoms with E-state index in [1.54, 1.807) is 17.5 Å². The Morgan fingerprint density at radius 1 is 1.20 bits per heavy atom. The predicted molar refractivity (Wildman–Crippen MR) is 82.4 cm³/mol. The summed E-state index contributed by atoms with van der Waals surface area (Å²) >= 11 is 1.69. The molecule has 20 heavy (non-hydrogen) atoms. The zero-order chi connectivity index (χ0) is 14.1. The van der Waals surface area contributed by atoms with E-state index >= 15 is 0 Å². The standard InChI is InChI=1S/C16H15FN2S/c1-19(2)10-12-9-18-15(17)8-14(12)13-5-3-4-11-6-7-20-16(11)13/h3-9H,10H2,1-2H3. The molecule has 3 rings (SSSR count). The van der Waals surface area contributed by atoms with Crippen LogP contribution in [-0.2, 0) is 6.54 Å². The molecule has 0 fully saturated rings. The van der Waals surface area contributed by atoms with Gasteiger partial charge in [0.1, 0.15) is 0 Å². The van der Waals surface area contributed by atoms with E-state index in [9.17, 15) is 4.39 Å². The van der Waals surface area contributed by atoms with Gasteiger partial charge in [-0.1, -0.05) is 18.2 Å². The fourth-order valence-corrected chi connectivity index (χ4v) is 3.31. The van der Waals surface area contributed by atoms with E-state index in [4.69, 9.17) is 0 Å². The van der Waals surface area contributed by atoms with Crippen molar-refractivity contribution in [3.63, 3.8) is 0 Å². The number of hydrogen-bond donors (Lipinski definition) is 0. The first-order chi connectivity index (χ1) is 9.65. The van der Waals surface area contributed by atoms with Crippen molar-refractivity contribution in [1.29, 1.82) is 0 Å². The van der Waals surface area contributed by atoms with Gasteiger partial charge >= 0.3 is 0 Å². The van der Waals surface area contributed by atoms with Crippen molar-refractivity contribution in [2.24, 2.45) is 0 Å². The molecular formula is C16H15FN2S. The van der Waals surface area contributed by atoms with E-state index in [2.05, 4.69) is 27.4 Å². The second-order valence-corrected chi connectivity index (χ2v) is 5.96. The molecular weight excluding hydrogens is 271 g/mol. The summed E-state index contributed by atoms with van der Waals surface area (Å²) in [5.41, 5.74) is 3.05. The Bertz CT molecular complexity index is 749. The number of benzene rings is 1. The van der Waals surface area contributed by atoms with Crippen molar-refractivity contribution < 1.29 is 4.39 Å². The second-order valence-electron chi connectivity index (χ2n) is 5.05. The highest BCUT2D eigenvalue weighted by atomic mass is 32.1. The van der Waals surface area contributed by atoms with E-state index < -0.39 is 5.95 Å². The van der Waals surface area contributed by atoms with Crippen molar-refractivity contribution in [2.75, 3.05) is 14.1 Å². The van der Waals surface area contributed by atoms with Gasteiger partial charge in [0.05, 0.1) is 0 Å². The minimum Gasteiger partial charge on any atom is -0.305 e. The van der Waals surface area contributed by atoms with Gasteiger partial charge in [0, 0.05) is 29.1 Å². The van der Waals surface area contributed by atoms with E-state index in [0.29, 0.717) is 0 Å². The average Bonchev–Trinajstić information content (AvgIpc) is 2.88. The van der Waals surface area contributed by atoms with Gasteiger partial charge < -0.3 is 4.90 Å². The number of thiophene rings is 1. The predicted octanol–water partition coefficient (Wildman–Crippen LogP) is 4.16. The van der Waals surface area contributed by atoms with Gasteiger partial charge in [0.25, 0.3) is 0 Å². The van der Waals surface area contributed by atoms with Gasteiger partial charge in [0.15, 0.2) is 0 Å². The molecule has 0 amide bonds. The van der Waals surface area contributed by atoms with Crippen LogP contribution in [-0.4, -0.2) is 24.0 Å². The number of aromatic nitrogens is 1. The lowest BCUT2D eigenvalue weighted by atomic mass is 10.0. The summed E-state index contributed by atoms with van der Waals surface area (Å²) in [5, 5.41) is 3.26. The van der Waals surface area contributed by atoms with Crippen LogP contribution in [0.4, 0.5) is 4.39 Å². The number of rotatable bonds is 3. The van der Waals surface area contributed by atoms with Crippen LogP contribution in [0.2, 0.25) is 0 Å². The van der Waals surface area contributed by atoms with Crippen LogP contribution >= 0.6 is 11.3 Å². The van der Waals surface area contributed by atoms with Crippen molar-refractivity contribution >= 4 is 21.4 Å².